The third-order valence-electron chi connectivity index (χ3n) is 2.88. The molecule has 0 radical (unpaired) electrons. The summed E-state index contributed by atoms with van der Waals surface area (Å²) >= 11 is 0. The second-order valence-electron chi connectivity index (χ2n) is 3.59. The minimum Gasteiger partial charge on any atom is -0.392 e. The predicted octanol–water partition coefficient (Wildman–Crippen LogP) is 1.88. The lowest BCUT2D eigenvalue weighted by Gasteiger charge is -2.00. The van der Waals surface area contributed by atoms with Gasteiger partial charge in [-0.2, -0.15) is 0 Å². The van der Waals surface area contributed by atoms with E-state index in [-0.39, 0.29) is 6.61 Å². The van der Waals surface area contributed by atoms with Gasteiger partial charge >= 0.3 is 0 Å². The number of rotatable bonds is 1. The maximum Gasteiger partial charge on any atom is 0.0648 e. The highest BCUT2D eigenvalue weighted by Crippen LogP contribution is 2.46. The molecule has 0 aromatic heterocycles. The Morgan fingerprint density at radius 1 is 1.17 bits per heavy atom. The molecule has 1 heteroatoms. The highest BCUT2D eigenvalue weighted by atomic mass is 16.3. The summed E-state index contributed by atoms with van der Waals surface area (Å²) in [5.41, 5.74) is 6.95. The first kappa shape index (κ1) is 6.44. The summed E-state index contributed by atoms with van der Waals surface area (Å²) in [4.78, 5) is 0. The first-order valence-corrected chi connectivity index (χ1v) is 4.32. The Bertz CT molecular complexity index is 378. The second-order valence-corrected chi connectivity index (χ2v) is 3.59. The zero-order chi connectivity index (χ0) is 8.13. The van der Waals surface area contributed by atoms with Gasteiger partial charge in [0.2, 0.25) is 0 Å². The molecular weight excluding hydrogens is 148 g/mol. The molecule has 0 aromatic carbocycles. The van der Waals surface area contributed by atoms with Crippen LogP contribution in [0.15, 0.2) is 46.1 Å². The van der Waals surface area contributed by atoms with E-state index in [2.05, 4.69) is 18.2 Å². The van der Waals surface area contributed by atoms with Crippen LogP contribution in [-0.2, 0) is 0 Å². The molecule has 0 atom stereocenters. The summed E-state index contributed by atoms with van der Waals surface area (Å²) in [5, 5.41) is 8.98. The van der Waals surface area contributed by atoms with E-state index in [9.17, 15) is 0 Å². The van der Waals surface area contributed by atoms with E-state index >= 15 is 0 Å². The van der Waals surface area contributed by atoms with E-state index in [4.69, 9.17) is 5.11 Å². The van der Waals surface area contributed by atoms with Gasteiger partial charge in [0.25, 0.3) is 0 Å². The van der Waals surface area contributed by atoms with Crippen molar-refractivity contribution in [3.05, 3.63) is 46.1 Å². The highest BCUT2D eigenvalue weighted by molar-refractivity contribution is 5.68. The molecule has 0 aromatic rings. The first-order valence-electron chi connectivity index (χ1n) is 4.32. The van der Waals surface area contributed by atoms with Gasteiger partial charge in [0.05, 0.1) is 6.61 Å². The van der Waals surface area contributed by atoms with Crippen molar-refractivity contribution in [1.29, 1.82) is 0 Å². The van der Waals surface area contributed by atoms with Crippen LogP contribution in [-0.4, -0.2) is 11.7 Å². The van der Waals surface area contributed by atoms with Crippen LogP contribution in [0.3, 0.4) is 0 Å². The van der Waals surface area contributed by atoms with Crippen molar-refractivity contribution >= 4 is 0 Å². The summed E-state index contributed by atoms with van der Waals surface area (Å²) in [6.45, 7) is 0.216. The van der Waals surface area contributed by atoms with Crippen LogP contribution in [0, 0.1) is 0 Å². The van der Waals surface area contributed by atoms with Gasteiger partial charge in [-0.3, -0.25) is 0 Å². The van der Waals surface area contributed by atoms with E-state index in [1.54, 1.807) is 0 Å². The standard InChI is InChI=1S/C11H10O/c12-6-7-3-10-8-1-2-9(5-8)11(10)4-7/h1-3,12H,4-6H2. The van der Waals surface area contributed by atoms with E-state index < -0.39 is 0 Å². The van der Waals surface area contributed by atoms with Crippen LogP contribution >= 0.6 is 0 Å². The lowest BCUT2D eigenvalue weighted by atomic mass is 10.0. The van der Waals surface area contributed by atoms with Crippen molar-refractivity contribution in [1.82, 2.24) is 0 Å². The molecule has 0 aliphatic heterocycles. The van der Waals surface area contributed by atoms with Gasteiger partial charge < -0.3 is 5.11 Å². The number of fused-ring (bicyclic) bond motifs is 3. The minimum atomic E-state index is 0.216. The molecule has 12 heavy (non-hydrogen) atoms. The monoisotopic (exact) mass is 158 g/mol. The van der Waals surface area contributed by atoms with Crippen molar-refractivity contribution in [3.8, 4) is 0 Å². The normalized spacial score (nSPS) is 24.2. The third kappa shape index (κ3) is 0.625. The van der Waals surface area contributed by atoms with Crippen molar-refractivity contribution < 1.29 is 5.11 Å². The van der Waals surface area contributed by atoms with Crippen LogP contribution in [0.25, 0.3) is 0 Å². The summed E-state index contributed by atoms with van der Waals surface area (Å²) in [5.74, 6) is 0. The molecule has 0 heterocycles. The average molecular weight is 158 g/mol. The fourth-order valence-electron chi connectivity index (χ4n) is 2.26. The molecule has 0 spiro atoms. The van der Waals surface area contributed by atoms with Crippen LogP contribution in [0.1, 0.15) is 12.8 Å². The molecule has 0 unspecified atom stereocenters. The lowest BCUT2D eigenvalue weighted by molar-refractivity contribution is 0.329. The fraction of sp³-hybridized carbons (Fsp3) is 0.273. The third-order valence-corrected chi connectivity index (χ3v) is 2.88. The van der Waals surface area contributed by atoms with Crippen molar-refractivity contribution in [2.75, 3.05) is 6.61 Å². The van der Waals surface area contributed by atoms with Gasteiger partial charge in [-0.1, -0.05) is 18.2 Å². The summed E-state index contributed by atoms with van der Waals surface area (Å²) < 4.78 is 0. The van der Waals surface area contributed by atoms with Crippen LogP contribution in [0.2, 0.25) is 0 Å². The Labute approximate surface area is 71.4 Å². The molecule has 1 nitrogen and oxygen atoms in total. The van der Waals surface area contributed by atoms with Gasteiger partial charge in [-0.15, -0.1) is 0 Å². The van der Waals surface area contributed by atoms with E-state index in [1.807, 2.05) is 0 Å². The number of hydrogen-bond acceptors (Lipinski definition) is 1. The first-order chi connectivity index (χ1) is 5.88. The van der Waals surface area contributed by atoms with Gasteiger partial charge in [-0.05, 0) is 40.7 Å². The van der Waals surface area contributed by atoms with Crippen LogP contribution in [0.5, 0.6) is 0 Å². The SMILES string of the molecule is OCC1=CC2=C3C=CC(=C2C1)C3. The molecular formula is C11H10O. The number of hydrogen-bond donors (Lipinski definition) is 1. The van der Waals surface area contributed by atoms with Crippen molar-refractivity contribution in [2.45, 2.75) is 12.8 Å². The summed E-state index contributed by atoms with van der Waals surface area (Å²) in [6, 6.07) is 0. The Morgan fingerprint density at radius 3 is 2.75 bits per heavy atom. The second kappa shape index (κ2) is 1.99. The molecule has 0 amide bonds. The molecule has 3 aliphatic carbocycles. The summed E-state index contributed by atoms with van der Waals surface area (Å²) in [6.07, 6.45) is 8.68. The Hall–Kier alpha value is -1.08. The highest BCUT2D eigenvalue weighted by Gasteiger charge is 2.28. The Kier molecular flexibility index (Phi) is 1.07. The van der Waals surface area contributed by atoms with Gasteiger partial charge in [0.1, 0.15) is 0 Å². The minimum absolute atomic E-state index is 0.216. The van der Waals surface area contributed by atoms with E-state index in [1.165, 1.54) is 27.9 Å². The number of aliphatic hydroxyl groups excluding tert-OH is 1. The summed E-state index contributed by atoms with van der Waals surface area (Å²) in [7, 11) is 0. The largest absolute Gasteiger partial charge is 0.392 e. The Morgan fingerprint density at radius 2 is 2.00 bits per heavy atom. The molecule has 2 bridgehead atoms. The van der Waals surface area contributed by atoms with Gasteiger partial charge in [-0.25, -0.2) is 0 Å². The fourth-order valence-corrected chi connectivity index (χ4v) is 2.26. The van der Waals surface area contributed by atoms with E-state index in [0.29, 0.717) is 0 Å². The Balaban J connectivity index is 2.15. The predicted molar refractivity (Wildman–Crippen MR) is 47.6 cm³/mol. The molecule has 3 aliphatic rings. The van der Waals surface area contributed by atoms with E-state index in [0.717, 1.165) is 12.8 Å². The smallest absolute Gasteiger partial charge is 0.0648 e. The van der Waals surface area contributed by atoms with Crippen molar-refractivity contribution in [2.24, 2.45) is 0 Å². The molecule has 0 saturated heterocycles. The molecule has 0 fully saturated rings. The maximum absolute atomic E-state index is 8.98. The number of allylic oxidation sites excluding steroid dienone is 7. The van der Waals surface area contributed by atoms with Crippen molar-refractivity contribution in [3.63, 3.8) is 0 Å². The topological polar surface area (TPSA) is 20.2 Å². The molecule has 60 valence electrons. The lowest BCUT2D eigenvalue weighted by Crippen LogP contribution is -1.86. The molecule has 1 N–H and O–H groups in total. The van der Waals surface area contributed by atoms with Gasteiger partial charge in [0, 0.05) is 0 Å². The zero-order valence-corrected chi connectivity index (χ0v) is 6.80. The zero-order valence-electron chi connectivity index (χ0n) is 6.80. The number of aliphatic hydroxyl groups is 1. The average Bonchev–Trinajstić information content (AvgIpc) is 2.75. The van der Waals surface area contributed by atoms with Gasteiger partial charge in [0.15, 0.2) is 0 Å². The molecule has 0 saturated carbocycles. The quantitative estimate of drug-likeness (QED) is 0.617. The van der Waals surface area contributed by atoms with Crippen LogP contribution in [0.4, 0.5) is 0 Å². The molecule has 3 rings (SSSR count). The van der Waals surface area contributed by atoms with Crippen LogP contribution < -0.4 is 0 Å². The maximum atomic E-state index is 8.98.